The molecule has 98 valence electrons. The van der Waals surface area contributed by atoms with Crippen molar-refractivity contribution in [2.45, 2.75) is 19.4 Å². The molecule has 3 nitrogen and oxygen atoms in total. The monoisotopic (exact) mass is 265 g/mol. The van der Waals surface area contributed by atoms with Crippen molar-refractivity contribution in [2.75, 3.05) is 19.4 Å². The van der Waals surface area contributed by atoms with Crippen LogP contribution in [0, 0.1) is 5.92 Å². The number of hydroxylamine groups is 2. The van der Waals surface area contributed by atoms with Gasteiger partial charge >= 0.3 is 0 Å². The van der Waals surface area contributed by atoms with Crippen molar-refractivity contribution < 1.29 is 9.63 Å². The van der Waals surface area contributed by atoms with Crippen molar-refractivity contribution in [2.24, 2.45) is 5.92 Å². The minimum atomic E-state index is -0.0612. The standard InChI is InChI=1S/C14H19NO2S/c1-3-9-18-14(16)12-10-17-15(2)13(12)11-7-5-4-6-8-11/h4-8,12-13H,3,9-10H2,1-2H3/t12-,13+/m0/s1. The topological polar surface area (TPSA) is 29.5 Å². The van der Waals surface area contributed by atoms with Crippen LogP contribution in [0.4, 0.5) is 0 Å². The van der Waals surface area contributed by atoms with E-state index in [9.17, 15) is 4.79 Å². The lowest BCUT2D eigenvalue weighted by Gasteiger charge is -2.21. The molecular formula is C14H19NO2S. The first-order chi connectivity index (χ1) is 8.74. The number of thioether (sulfide) groups is 1. The molecule has 1 heterocycles. The molecule has 1 saturated heterocycles. The highest BCUT2D eigenvalue weighted by molar-refractivity contribution is 8.13. The van der Waals surface area contributed by atoms with Crippen LogP contribution in [0.2, 0.25) is 0 Å². The number of carbonyl (C=O) groups excluding carboxylic acids is 1. The van der Waals surface area contributed by atoms with Crippen molar-refractivity contribution in [3.8, 4) is 0 Å². The highest BCUT2D eigenvalue weighted by Gasteiger charge is 2.39. The second-order valence-electron chi connectivity index (χ2n) is 4.47. The zero-order chi connectivity index (χ0) is 13.0. The Bertz CT molecular complexity index is 396. The molecule has 1 aromatic carbocycles. The maximum absolute atomic E-state index is 12.2. The fourth-order valence-electron chi connectivity index (χ4n) is 2.22. The molecule has 1 fully saturated rings. The van der Waals surface area contributed by atoms with Crippen LogP contribution in [0.15, 0.2) is 30.3 Å². The molecule has 0 amide bonds. The van der Waals surface area contributed by atoms with Gasteiger partial charge < -0.3 is 0 Å². The van der Waals surface area contributed by atoms with Crippen LogP contribution in [-0.2, 0) is 9.63 Å². The molecule has 18 heavy (non-hydrogen) atoms. The van der Waals surface area contributed by atoms with Crippen molar-refractivity contribution >= 4 is 16.9 Å². The lowest BCUT2D eigenvalue weighted by Crippen LogP contribution is -2.24. The molecule has 2 rings (SSSR count). The summed E-state index contributed by atoms with van der Waals surface area (Å²) in [4.78, 5) is 17.7. The van der Waals surface area contributed by atoms with Gasteiger partial charge in [0.15, 0.2) is 5.12 Å². The third-order valence-electron chi connectivity index (χ3n) is 3.12. The average Bonchev–Trinajstić information content (AvgIpc) is 2.79. The Kier molecular flexibility index (Phi) is 4.80. The summed E-state index contributed by atoms with van der Waals surface area (Å²) in [6, 6.07) is 10.1. The van der Waals surface area contributed by atoms with Crippen molar-refractivity contribution in [1.82, 2.24) is 5.06 Å². The Balaban J connectivity index is 2.13. The predicted octanol–water partition coefficient (Wildman–Crippen LogP) is 2.89. The van der Waals surface area contributed by atoms with Crippen LogP contribution >= 0.6 is 11.8 Å². The molecule has 0 aliphatic carbocycles. The van der Waals surface area contributed by atoms with Gasteiger partial charge in [0, 0.05) is 12.8 Å². The zero-order valence-electron chi connectivity index (χ0n) is 10.8. The molecule has 0 aromatic heterocycles. The summed E-state index contributed by atoms with van der Waals surface area (Å²) in [6.45, 7) is 2.58. The Morgan fingerprint density at radius 1 is 1.44 bits per heavy atom. The Hall–Kier alpha value is -0.840. The number of hydrogen-bond acceptors (Lipinski definition) is 4. The Labute approximate surface area is 112 Å². The van der Waals surface area contributed by atoms with E-state index in [0.717, 1.165) is 17.7 Å². The predicted molar refractivity (Wildman–Crippen MR) is 74.1 cm³/mol. The van der Waals surface area contributed by atoms with Gasteiger partial charge in [0.05, 0.1) is 18.6 Å². The van der Waals surface area contributed by atoms with Crippen LogP contribution < -0.4 is 0 Å². The number of nitrogens with zero attached hydrogens (tertiary/aromatic N) is 1. The lowest BCUT2D eigenvalue weighted by atomic mass is 9.95. The molecule has 0 N–H and O–H groups in total. The number of rotatable bonds is 4. The Morgan fingerprint density at radius 3 is 2.83 bits per heavy atom. The number of carbonyl (C=O) groups is 1. The summed E-state index contributed by atoms with van der Waals surface area (Å²) in [7, 11) is 1.90. The van der Waals surface area contributed by atoms with Crippen LogP contribution in [-0.4, -0.2) is 29.6 Å². The second-order valence-corrected chi connectivity index (χ2v) is 5.57. The average molecular weight is 265 g/mol. The van der Waals surface area contributed by atoms with Gasteiger partial charge in [-0.2, -0.15) is 5.06 Å². The maximum Gasteiger partial charge on any atom is 0.196 e. The summed E-state index contributed by atoms with van der Waals surface area (Å²) in [6.07, 6.45) is 1.02. The SMILES string of the molecule is CCCSC(=O)[C@H]1CON(C)[C@@H]1c1ccccc1. The van der Waals surface area contributed by atoms with Gasteiger partial charge in [-0.05, 0) is 12.0 Å². The molecule has 1 aromatic rings. The first-order valence-corrected chi connectivity index (χ1v) is 7.30. The number of hydrogen-bond donors (Lipinski definition) is 0. The second kappa shape index (κ2) is 6.36. The van der Waals surface area contributed by atoms with Crippen LogP contribution in [0.5, 0.6) is 0 Å². The van der Waals surface area contributed by atoms with E-state index >= 15 is 0 Å². The van der Waals surface area contributed by atoms with E-state index in [-0.39, 0.29) is 17.1 Å². The first-order valence-electron chi connectivity index (χ1n) is 6.31. The molecule has 2 atom stereocenters. The molecule has 0 unspecified atom stereocenters. The van der Waals surface area contributed by atoms with Gasteiger partial charge in [0.25, 0.3) is 0 Å². The smallest absolute Gasteiger partial charge is 0.196 e. The molecule has 0 radical (unpaired) electrons. The van der Waals surface area contributed by atoms with Gasteiger partial charge in [0.1, 0.15) is 0 Å². The maximum atomic E-state index is 12.2. The molecule has 0 saturated carbocycles. The molecule has 4 heteroatoms. The summed E-state index contributed by atoms with van der Waals surface area (Å²) in [5.74, 6) is 0.828. The molecule has 1 aliphatic rings. The van der Waals surface area contributed by atoms with Crippen molar-refractivity contribution in [1.29, 1.82) is 0 Å². The quantitative estimate of drug-likeness (QED) is 0.837. The van der Waals surface area contributed by atoms with E-state index in [0.29, 0.717) is 6.61 Å². The van der Waals surface area contributed by atoms with Gasteiger partial charge in [-0.15, -0.1) is 0 Å². The Morgan fingerprint density at radius 2 is 2.17 bits per heavy atom. The van der Waals surface area contributed by atoms with E-state index < -0.39 is 0 Å². The summed E-state index contributed by atoms with van der Waals surface area (Å²) >= 11 is 1.43. The van der Waals surface area contributed by atoms with Crippen molar-refractivity contribution in [3.05, 3.63) is 35.9 Å². The van der Waals surface area contributed by atoms with Crippen LogP contribution in [0.25, 0.3) is 0 Å². The van der Waals surface area contributed by atoms with Crippen LogP contribution in [0.1, 0.15) is 24.9 Å². The minimum absolute atomic E-state index is 0.0445. The zero-order valence-corrected chi connectivity index (χ0v) is 11.7. The minimum Gasteiger partial charge on any atom is -0.298 e. The van der Waals surface area contributed by atoms with Crippen LogP contribution in [0.3, 0.4) is 0 Å². The molecule has 0 spiro atoms. The van der Waals surface area contributed by atoms with E-state index in [1.807, 2.05) is 30.3 Å². The number of benzene rings is 1. The molecule has 0 bridgehead atoms. The fourth-order valence-corrected chi connectivity index (χ4v) is 3.04. The molecular weight excluding hydrogens is 246 g/mol. The third-order valence-corrected chi connectivity index (χ3v) is 4.32. The largest absolute Gasteiger partial charge is 0.298 e. The highest BCUT2D eigenvalue weighted by Crippen LogP contribution is 2.36. The highest BCUT2D eigenvalue weighted by atomic mass is 32.2. The third kappa shape index (κ3) is 2.94. The lowest BCUT2D eigenvalue weighted by molar-refractivity contribution is -0.114. The summed E-state index contributed by atoms with van der Waals surface area (Å²) < 4.78 is 0. The van der Waals surface area contributed by atoms with Crippen molar-refractivity contribution in [3.63, 3.8) is 0 Å². The fraction of sp³-hybridized carbons (Fsp3) is 0.500. The van der Waals surface area contributed by atoms with E-state index in [4.69, 9.17) is 4.84 Å². The normalized spacial score (nSPS) is 24.3. The van der Waals surface area contributed by atoms with Gasteiger partial charge in [0.2, 0.25) is 0 Å². The van der Waals surface area contributed by atoms with E-state index in [2.05, 4.69) is 19.1 Å². The van der Waals surface area contributed by atoms with Gasteiger partial charge in [-0.25, -0.2) is 0 Å². The van der Waals surface area contributed by atoms with Gasteiger partial charge in [-0.3, -0.25) is 9.63 Å². The van der Waals surface area contributed by atoms with E-state index in [1.165, 1.54) is 11.8 Å². The summed E-state index contributed by atoms with van der Waals surface area (Å²) in [5.41, 5.74) is 1.15. The first kappa shape index (κ1) is 13.6. The van der Waals surface area contributed by atoms with Gasteiger partial charge in [-0.1, -0.05) is 49.0 Å². The molecule has 1 aliphatic heterocycles. The van der Waals surface area contributed by atoms with E-state index in [1.54, 1.807) is 0 Å². The summed E-state index contributed by atoms with van der Waals surface area (Å²) in [5, 5.41) is 2.06.